The molecule has 1 aliphatic carbocycles. The second-order valence-electron chi connectivity index (χ2n) is 5.55. The highest BCUT2D eigenvalue weighted by molar-refractivity contribution is 5.54. The Morgan fingerprint density at radius 1 is 1.39 bits per heavy atom. The van der Waals surface area contributed by atoms with Crippen LogP contribution in [0.3, 0.4) is 0 Å². The maximum atomic E-state index is 4.16. The minimum Gasteiger partial charge on any atom is -0.370 e. The zero-order chi connectivity index (χ0) is 13.1. The summed E-state index contributed by atoms with van der Waals surface area (Å²) in [4.78, 5) is 2.28. The van der Waals surface area contributed by atoms with E-state index in [1.165, 1.54) is 35.2 Å². The Hall–Kier alpha value is -1.28. The van der Waals surface area contributed by atoms with Gasteiger partial charge in [0.25, 0.3) is 0 Å². The summed E-state index contributed by atoms with van der Waals surface area (Å²) in [6, 6.07) is 7.36. The van der Waals surface area contributed by atoms with Crippen molar-refractivity contribution in [2.75, 3.05) is 25.0 Å². The molecule has 1 N–H and O–H groups in total. The van der Waals surface area contributed by atoms with Crippen LogP contribution in [0.1, 0.15) is 24.0 Å². The van der Waals surface area contributed by atoms with Crippen LogP contribution in [0.5, 0.6) is 0 Å². The maximum Gasteiger partial charge on any atom is 0.0396 e. The van der Waals surface area contributed by atoms with Gasteiger partial charge in [-0.1, -0.05) is 24.3 Å². The van der Waals surface area contributed by atoms with Gasteiger partial charge in [0.1, 0.15) is 0 Å². The molecule has 0 aromatic heterocycles. The molecule has 0 radical (unpaired) electrons. The molecule has 0 aliphatic heterocycles. The molecule has 0 saturated heterocycles. The molecule has 0 amide bonds. The van der Waals surface area contributed by atoms with Crippen LogP contribution in [-0.4, -0.2) is 26.2 Å². The normalized spacial score (nSPS) is 14.6. The van der Waals surface area contributed by atoms with Crippen LogP contribution in [0, 0.1) is 13.8 Å². The first-order chi connectivity index (χ1) is 8.56. The van der Waals surface area contributed by atoms with Gasteiger partial charge in [0.2, 0.25) is 0 Å². The first-order valence-electron chi connectivity index (χ1n) is 6.74. The molecule has 2 rings (SSSR count). The zero-order valence-corrected chi connectivity index (χ0v) is 11.8. The molecule has 0 bridgehead atoms. The van der Waals surface area contributed by atoms with Crippen LogP contribution in [0.25, 0.3) is 0 Å². The molecule has 2 heteroatoms. The fraction of sp³-hybridized carbons (Fsp3) is 0.500. The van der Waals surface area contributed by atoms with E-state index < -0.39 is 0 Å². The van der Waals surface area contributed by atoms with Crippen molar-refractivity contribution in [1.29, 1.82) is 0 Å². The summed E-state index contributed by atoms with van der Waals surface area (Å²) in [6.45, 7) is 10.3. The molecule has 98 valence electrons. The standard InChI is InChI=1S/C16H24N2/c1-12-5-8-16(14(3)9-12)18(4)11-13(2)10-17-15-6-7-15/h5,8-9,15,17H,2,6-7,10-11H2,1,3-4H3. The Morgan fingerprint density at radius 3 is 2.72 bits per heavy atom. The number of benzene rings is 1. The van der Waals surface area contributed by atoms with Crippen molar-refractivity contribution >= 4 is 5.69 Å². The average molecular weight is 244 g/mol. The highest BCUT2D eigenvalue weighted by atomic mass is 15.1. The van der Waals surface area contributed by atoms with Gasteiger partial charge in [-0.25, -0.2) is 0 Å². The van der Waals surface area contributed by atoms with Crippen molar-refractivity contribution in [1.82, 2.24) is 5.32 Å². The van der Waals surface area contributed by atoms with E-state index in [1.807, 2.05) is 0 Å². The highest BCUT2D eigenvalue weighted by Gasteiger charge is 2.20. The van der Waals surface area contributed by atoms with Gasteiger partial charge < -0.3 is 10.2 Å². The number of nitrogens with zero attached hydrogens (tertiary/aromatic N) is 1. The van der Waals surface area contributed by atoms with E-state index in [1.54, 1.807) is 0 Å². The van der Waals surface area contributed by atoms with Gasteiger partial charge in [0.05, 0.1) is 0 Å². The minimum atomic E-state index is 0.758. The van der Waals surface area contributed by atoms with Crippen molar-refractivity contribution in [2.45, 2.75) is 32.7 Å². The topological polar surface area (TPSA) is 15.3 Å². The predicted octanol–water partition coefficient (Wildman–Crippen LogP) is 3.05. The summed E-state index contributed by atoms with van der Waals surface area (Å²) in [5.41, 5.74) is 5.21. The Bertz CT molecular complexity index is 433. The maximum absolute atomic E-state index is 4.16. The van der Waals surface area contributed by atoms with Crippen LogP contribution in [0.4, 0.5) is 5.69 Å². The van der Waals surface area contributed by atoms with E-state index in [0.29, 0.717) is 0 Å². The predicted molar refractivity (Wildman–Crippen MR) is 79.4 cm³/mol. The molecule has 0 heterocycles. The molecular weight excluding hydrogens is 220 g/mol. The smallest absolute Gasteiger partial charge is 0.0396 e. The first kappa shape index (κ1) is 13.2. The lowest BCUT2D eigenvalue weighted by Gasteiger charge is -2.23. The molecular formula is C16H24N2. The number of rotatable bonds is 6. The van der Waals surface area contributed by atoms with E-state index in [9.17, 15) is 0 Å². The second-order valence-corrected chi connectivity index (χ2v) is 5.55. The largest absolute Gasteiger partial charge is 0.370 e. The van der Waals surface area contributed by atoms with Crippen LogP contribution in [0.15, 0.2) is 30.4 Å². The van der Waals surface area contributed by atoms with Crippen molar-refractivity contribution in [3.8, 4) is 0 Å². The average Bonchev–Trinajstić information content (AvgIpc) is 3.09. The molecule has 1 saturated carbocycles. The Morgan fingerprint density at radius 2 is 2.11 bits per heavy atom. The Kier molecular flexibility index (Phi) is 4.07. The van der Waals surface area contributed by atoms with Gasteiger partial charge in [-0.2, -0.15) is 0 Å². The lowest BCUT2D eigenvalue weighted by molar-refractivity contribution is 0.722. The third-order valence-electron chi connectivity index (χ3n) is 3.44. The quantitative estimate of drug-likeness (QED) is 0.774. The van der Waals surface area contributed by atoms with E-state index in [0.717, 1.165) is 19.1 Å². The van der Waals surface area contributed by atoms with Crippen LogP contribution < -0.4 is 10.2 Å². The molecule has 1 aromatic rings. The summed E-state index contributed by atoms with van der Waals surface area (Å²) in [6.07, 6.45) is 2.67. The van der Waals surface area contributed by atoms with Crippen molar-refractivity contribution < 1.29 is 0 Å². The number of anilines is 1. The van der Waals surface area contributed by atoms with Gasteiger partial charge in [0.15, 0.2) is 0 Å². The number of likely N-dealkylation sites (N-methyl/N-ethyl adjacent to an activating group) is 1. The third-order valence-corrected chi connectivity index (χ3v) is 3.44. The van der Waals surface area contributed by atoms with Crippen LogP contribution in [-0.2, 0) is 0 Å². The van der Waals surface area contributed by atoms with E-state index in [-0.39, 0.29) is 0 Å². The minimum absolute atomic E-state index is 0.758. The number of hydrogen-bond acceptors (Lipinski definition) is 2. The summed E-state index contributed by atoms with van der Waals surface area (Å²) >= 11 is 0. The van der Waals surface area contributed by atoms with E-state index in [4.69, 9.17) is 0 Å². The molecule has 18 heavy (non-hydrogen) atoms. The van der Waals surface area contributed by atoms with Gasteiger partial charge >= 0.3 is 0 Å². The Labute approximate surface area is 111 Å². The van der Waals surface area contributed by atoms with Crippen molar-refractivity contribution in [3.05, 3.63) is 41.5 Å². The summed E-state index contributed by atoms with van der Waals surface area (Å²) in [7, 11) is 2.14. The van der Waals surface area contributed by atoms with E-state index in [2.05, 4.69) is 55.9 Å². The van der Waals surface area contributed by atoms with Gasteiger partial charge in [-0.15, -0.1) is 0 Å². The highest BCUT2D eigenvalue weighted by Crippen LogP contribution is 2.21. The van der Waals surface area contributed by atoms with Crippen LogP contribution >= 0.6 is 0 Å². The SMILES string of the molecule is C=C(CNC1CC1)CN(C)c1ccc(C)cc1C. The molecule has 1 aromatic carbocycles. The fourth-order valence-corrected chi connectivity index (χ4v) is 2.29. The summed E-state index contributed by atoms with van der Waals surface area (Å²) < 4.78 is 0. The molecule has 0 atom stereocenters. The third kappa shape index (κ3) is 3.61. The van der Waals surface area contributed by atoms with Crippen molar-refractivity contribution in [3.63, 3.8) is 0 Å². The van der Waals surface area contributed by atoms with Crippen LogP contribution in [0.2, 0.25) is 0 Å². The summed E-state index contributed by atoms with van der Waals surface area (Å²) in [5.74, 6) is 0. The lowest BCUT2D eigenvalue weighted by Crippen LogP contribution is -2.27. The van der Waals surface area contributed by atoms with Gasteiger partial charge in [-0.05, 0) is 43.9 Å². The number of nitrogens with one attached hydrogen (secondary N) is 1. The summed E-state index contributed by atoms with van der Waals surface area (Å²) in [5, 5.41) is 3.51. The fourth-order valence-electron chi connectivity index (χ4n) is 2.29. The van der Waals surface area contributed by atoms with Gasteiger partial charge in [-0.3, -0.25) is 0 Å². The monoisotopic (exact) mass is 244 g/mol. The lowest BCUT2D eigenvalue weighted by atomic mass is 10.1. The van der Waals surface area contributed by atoms with Crippen molar-refractivity contribution in [2.24, 2.45) is 0 Å². The first-order valence-corrected chi connectivity index (χ1v) is 6.74. The van der Waals surface area contributed by atoms with E-state index >= 15 is 0 Å². The van der Waals surface area contributed by atoms with Gasteiger partial charge in [0, 0.05) is 31.9 Å². The molecule has 0 spiro atoms. The molecule has 1 aliphatic rings. The molecule has 0 unspecified atom stereocenters. The zero-order valence-electron chi connectivity index (χ0n) is 11.8. The second kappa shape index (κ2) is 5.57. The number of aryl methyl sites for hydroxylation is 2. The Balaban J connectivity index is 1.89. The number of hydrogen-bond donors (Lipinski definition) is 1. The molecule has 1 fully saturated rings. The molecule has 2 nitrogen and oxygen atoms in total.